The van der Waals surface area contributed by atoms with Crippen LogP contribution >= 0.6 is 0 Å². The number of hydrogen-bond donors (Lipinski definition) is 1. The zero-order valence-corrected chi connectivity index (χ0v) is 9.74. The highest BCUT2D eigenvalue weighted by molar-refractivity contribution is 5.81. The number of hydrogen-bond acceptors (Lipinski definition) is 3. The van der Waals surface area contributed by atoms with Gasteiger partial charge in [-0.2, -0.15) is 0 Å². The lowest BCUT2D eigenvalue weighted by Gasteiger charge is -2.10. The molecule has 0 aromatic heterocycles. The van der Waals surface area contributed by atoms with Crippen LogP contribution < -0.4 is 0 Å². The number of ether oxygens (including phenoxy) is 1. The lowest BCUT2D eigenvalue weighted by Crippen LogP contribution is -2.15. The summed E-state index contributed by atoms with van der Waals surface area (Å²) >= 11 is 0. The van der Waals surface area contributed by atoms with Gasteiger partial charge in [0.25, 0.3) is 0 Å². The summed E-state index contributed by atoms with van der Waals surface area (Å²) in [5.74, 6) is 0.165. The highest BCUT2D eigenvalue weighted by Gasteiger charge is 2.07. The van der Waals surface area contributed by atoms with Gasteiger partial charge in [0.05, 0.1) is 0 Å². The molecular formula is C12H22O3. The third-order valence-corrected chi connectivity index (χ3v) is 2.15. The highest BCUT2D eigenvalue weighted by atomic mass is 16.6. The van der Waals surface area contributed by atoms with Crippen molar-refractivity contribution in [2.24, 2.45) is 5.92 Å². The molecule has 88 valence electrons. The fraction of sp³-hybridized carbons (Fsp3) is 0.750. The van der Waals surface area contributed by atoms with Crippen LogP contribution in [-0.2, 0) is 9.53 Å². The highest BCUT2D eigenvalue weighted by Crippen LogP contribution is 2.11. The standard InChI is InChI=1S/C12H22O3/c1-4-11(13)15-12(14)9-7-5-6-8-10(2)3/h4,10,12,14H,1,5-9H2,2-3H3. The van der Waals surface area contributed by atoms with Gasteiger partial charge in [0.1, 0.15) is 0 Å². The Balaban J connectivity index is 3.35. The van der Waals surface area contributed by atoms with Gasteiger partial charge in [-0.3, -0.25) is 0 Å². The fourth-order valence-corrected chi connectivity index (χ4v) is 1.29. The summed E-state index contributed by atoms with van der Waals surface area (Å²) in [6.45, 7) is 7.65. The van der Waals surface area contributed by atoms with Crippen LogP contribution in [0.25, 0.3) is 0 Å². The number of aliphatic hydroxyl groups excluding tert-OH is 1. The van der Waals surface area contributed by atoms with Crippen molar-refractivity contribution in [2.45, 2.75) is 52.2 Å². The molecule has 0 amide bonds. The second kappa shape index (κ2) is 8.48. The Morgan fingerprint density at radius 3 is 2.47 bits per heavy atom. The Morgan fingerprint density at radius 1 is 1.33 bits per heavy atom. The van der Waals surface area contributed by atoms with E-state index in [1.54, 1.807) is 0 Å². The minimum atomic E-state index is -0.977. The Kier molecular flexibility index (Phi) is 8.01. The third kappa shape index (κ3) is 9.47. The van der Waals surface area contributed by atoms with E-state index in [9.17, 15) is 9.90 Å². The molecule has 0 aliphatic carbocycles. The molecule has 0 radical (unpaired) electrons. The summed E-state index contributed by atoms with van der Waals surface area (Å²) in [5.41, 5.74) is 0. The minimum Gasteiger partial charge on any atom is -0.433 e. The van der Waals surface area contributed by atoms with Crippen LogP contribution in [0.3, 0.4) is 0 Å². The smallest absolute Gasteiger partial charge is 0.332 e. The number of esters is 1. The molecule has 0 fully saturated rings. The van der Waals surface area contributed by atoms with E-state index in [2.05, 4.69) is 25.2 Å². The molecule has 1 N–H and O–H groups in total. The third-order valence-electron chi connectivity index (χ3n) is 2.15. The number of carbonyl (C=O) groups is 1. The zero-order valence-electron chi connectivity index (χ0n) is 9.74. The van der Waals surface area contributed by atoms with Gasteiger partial charge in [-0.1, -0.05) is 39.7 Å². The molecule has 3 heteroatoms. The monoisotopic (exact) mass is 214 g/mol. The number of unbranched alkanes of at least 4 members (excludes halogenated alkanes) is 2. The lowest BCUT2D eigenvalue weighted by atomic mass is 10.0. The summed E-state index contributed by atoms with van der Waals surface area (Å²) in [6, 6.07) is 0. The Bertz CT molecular complexity index is 187. The molecule has 0 aromatic carbocycles. The van der Waals surface area contributed by atoms with Crippen LogP contribution in [0.5, 0.6) is 0 Å². The first-order valence-electron chi connectivity index (χ1n) is 5.57. The van der Waals surface area contributed by atoms with Crippen molar-refractivity contribution in [1.82, 2.24) is 0 Å². The van der Waals surface area contributed by atoms with E-state index >= 15 is 0 Å². The van der Waals surface area contributed by atoms with Gasteiger partial charge in [-0.05, 0) is 12.3 Å². The maximum absolute atomic E-state index is 10.7. The summed E-state index contributed by atoms with van der Waals surface area (Å²) in [6.07, 6.45) is 4.93. The molecule has 0 aliphatic rings. The maximum atomic E-state index is 10.7. The summed E-state index contributed by atoms with van der Waals surface area (Å²) < 4.78 is 4.63. The van der Waals surface area contributed by atoms with Gasteiger partial charge in [0.2, 0.25) is 6.29 Å². The van der Waals surface area contributed by atoms with Crippen molar-refractivity contribution in [2.75, 3.05) is 0 Å². The first kappa shape index (κ1) is 14.2. The first-order valence-corrected chi connectivity index (χ1v) is 5.57. The minimum absolute atomic E-state index is 0.512. The predicted octanol–water partition coefficient (Wildman–Crippen LogP) is 2.64. The molecule has 0 saturated heterocycles. The predicted molar refractivity (Wildman–Crippen MR) is 60.2 cm³/mol. The topological polar surface area (TPSA) is 46.5 Å². The Hall–Kier alpha value is -0.830. The maximum Gasteiger partial charge on any atom is 0.332 e. The first-order chi connectivity index (χ1) is 7.06. The molecule has 0 saturated carbocycles. The van der Waals surface area contributed by atoms with Gasteiger partial charge in [-0.15, -0.1) is 0 Å². The second-order valence-corrected chi connectivity index (χ2v) is 4.13. The van der Waals surface area contributed by atoms with Crippen molar-refractivity contribution >= 4 is 5.97 Å². The zero-order chi connectivity index (χ0) is 11.7. The summed E-state index contributed by atoms with van der Waals surface area (Å²) in [4.78, 5) is 10.7. The van der Waals surface area contributed by atoms with E-state index in [4.69, 9.17) is 0 Å². The summed E-state index contributed by atoms with van der Waals surface area (Å²) in [5, 5.41) is 9.27. The van der Waals surface area contributed by atoms with E-state index in [1.165, 1.54) is 12.8 Å². The van der Waals surface area contributed by atoms with Crippen molar-refractivity contribution in [3.05, 3.63) is 12.7 Å². The molecule has 0 rings (SSSR count). The molecule has 0 aliphatic heterocycles. The molecule has 3 nitrogen and oxygen atoms in total. The molecule has 0 spiro atoms. The van der Waals surface area contributed by atoms with Gasteiger partial charge >= 0.3 is 5.97 Å². The second-order valence-electron chi connectivity index (χ2n) is 4.13. The van der Waals surface area contributed by atoms with Crippen LogP contribution in [0.4, 0.5) is 0 Å². The molecule has 15 heavy (non-hydrogen) atoms. The van der Waals surface area contributed by atoms with Gasteiger partial charge < -0.3 is 9.84 Å². The van der Waals surface area contributed by atoms with Crippen molar-refractivity contribution in [1.29, 1.82) is 0 Å². The van der Waals surface area contributed by atoms with Crippen LogP contribution in [0.2, 0.25) is 0 Å². The largest absolute Gasteiger partial charge is 0.433 e. The fourth-order valence-electron chi connectivity index (χ4n) is 1.29. The van der Waals surface area contributed by atoms with Crippen LogP contribution in [0.1, 0.15) is 46.0 Å². The van der Waals surface area contributed by atoms with Crippen molar-refractivity contribution in [3.63, 3.8) is 0 Å². The van der Waals surface area contributed by atoms with E-state index < -0.39 is 12.3 Å². The molecule has 0 heterocycles. The van der Waals surface area contributed by atoms with Gasteiger partial charge in [0.15, 0.2) is 0 Å². The average Bonchev–Trinajstić information content (AvgIpc) is 2.16. The number of carbonyl (C=O) groups excluding carboxylic acids is 1. The van der Waals surface area contributed by atoms with Crippen molar-refractivity contribution < 1.29 is 14.6 Å². The lowest BCUT2D eigenvalue weighted by molar-refractivity contribution is -0.162. The summed E-state index contributed by atoms with van der Waals surface area (Å²) in [7, 11) is 0. The Labute approximate surface area is 92.1 Å². The SMILES string of the molecule is C=CC(=O)OC(O)CCCCCC(C)C. The molecule has 0 aromatic rings. The van der Waals surface area contributed by atoms with Crippen molar-refractivity contribution in [3.8, 4) is 0 Å². The van der Waals surface area contributed by atoms with E-state index in [-0.39, 0.29) is 0 Å². The average molecular weight is 214 g/mol. The van der Waals surface area contributed by atoms with E-state index in [0.29, 0.717) is 6.42 Å². The number of rotatable bonds is 8. The van der Waals surface area contributed by atoms with Crippen LogP contribution in [0, 0.1) is 5.92 Å². The van der Waals surface area contributed by atoms with Gasteiger partial charge in [-0.25, -0.2) is 4.79 Å². The van der Waals surface area contributed by atoms with Gasteiger partial charge in [0, 0.05) is 12.5 Å². The molecule has 0 bridgehead atoms. The van der Waals surface area contributed by atoms with E-state index in [1.807, 2.05) is 0 Å². The quantitative estimate of drug-likeness (QED) is 0.292. The molecular weight excluding hydrogens is 192 g/mol. The normalized spacial score (nSPS) is 12.5. The molecule has 1 unspecified atom stereocenters. The Morgan fingerprint density at radius 2 is 1.93 bits per heavy atom. The number of aliphatic hydroxyl groups is 1. The van der Waals surface area contributed by atoms with Crippen LogP contribution in [-0.4, -0.2) is 17.4 Å². The van der Waals surface area contributed by atoms with E-state index in [0.717, 1.165) is 24.8 Å². The van der Waals surface area contributed by atoms with Crippen LogP contribution in [0.15, 0.2) is 12.7 Å². The molecule has 1 atom stereocenters.